The van der Waals surface area contributed by atoms with Gasteiger partial charge in [0.2, 0.25) is 0 Å². The second-order valence-corrected chi connectivity index (χ2v) is 7.68. The number of hydrogen-bond acceptors (Lipinski definition) is 3. The predicted octanol–water partition coefficient (Wildman–Crippen LogP) is 2.57. The van der Waals surface area contributed by atoms with Crippen molar-refractivity contribution in [3.05, 3.63) is 42.2 Å². The van der Waals surface area contributed by atoms with Gasteiger partial charge < -0.3 is 0 Å². The second kappa shape index (κ2) is 4.49. The van der Waals surface area contributed by atoms with Crippen LogP contribution in [0.3, 0.4) is 0 Å². The molecule has 0 fully saturated rings. The molecule has 0 unspecified atom stereocenters. The van der Waals surface area contributed by atoms with Crippen molar-refractivity contribution in [2.24, 2.45) is 0 Å². The van der Waals surface area contributed by atoms with E-state index in [1.54, 1.807) is 28.9 Å². The third-order valence-corrected chi connectivity index (χ3v) is 4.02. The van der Waals surface area contributed by atoms with Crippen LogP contribution < -0.4 is 0 Å². The van der Waals surface area contributed by atoms with Crippen LogP contribution in [0.1, 0.15) is 26.5 Å². The molecule has 0 bridgehead atoms. The van der Waals surface area contributed by atoms with Crippen molar-refractivity contribution in [2.45, 2.75) is 31.1 Å². The number of aromatic nitrogens is 2. The number of sulfone groups is 1. The van der Waals surface area contributed by atoms with Crippen molar-refractivity contribution >= 4 is 9.84 Å². The maximum Gasteiger partial charge on any atom is 0.175 e. The largest absolute Gasteiger partial charge is 0.241 e. The van der Waals surface area contributed by atoms with E-state index in [1.807, 2.05) is 12.3 Å². The lowest BCUT2D eigenvalue weighted by Gasteiger charge is -2.14. The van der Waals surface area contributed by atoms with E-state index in [4.69, 9.17) is 0 Å². The average molecular weight is 278 g/mol. The molecule has 0 aliphatic rings. The van der Waals surface area contributed by atoms with Crippen molar-refractivity contribution < 1.29 is 8.42 Å². The SMILES string of the molecule is CC(C)(C)c1ccn(-c2ccc(S(C)(=O)=O)cc2)n1. The quantitative estimate of drug-likeness (QED) is 0.848. The summed E-state index contributed by atoms with van der Waals surface area (Å²) in [5.74, 6) is 0. The Kier molecular flexibility index (Phi) is 3.26. The molecule has 2 aromatic rings. The van der Waals surface area contributed by atoms with E-state index < -0.39 is 9.84 Å². The first kappa shape index (κ1) is 13.8. The molecule has 5 heteroatoms. The summed E-state index contributed by atoms with van der Waals surface area (Å²) in [6.07, 6.45) is 3.09. The predicted molar refractivity (Wildman–Crippen MR) is 75.4 cm³/mol. The Morgan fingerprint density at radius 2 is 1.63 bits per heavy atom. The second-order valence-electron chi connectivity index (χ2n) is 5.66. The zero-order valence-electron chi connectivity index (χ0n) is 11.6. The monoisotopic (exact) mass is 278 g/mol. The molecular weight excluding hydrogens is 260 g/mol. The molecule has 0 saturated heterocycles. The summed E-state index contributed by atoms with van der Waals surface area (Å²) in [5.41, 5.74) is 1.85. The van der Waals surface area contributed by atoms with Crippen LogP contribution in [-0.4, -0.2) is 24.5 Å². The van der Waals surface area contributed by atoms with Crippen molar-refractivity contribution in [3.63, 3.8) is 0 Å². The van der Waals surface area contributed by atoms with Crippen LogP contribution in [0.5, 0.6) is 0 Å². The highest BCUT2D eigenvalue weighted by Gasteiger charge is 2.17. The molecule has 0 radical (unpaired) electrons. The van der Waals surface area contributed by atoms with Crippen molar-refractivity contribution in [1.29, 1.82) is 0 Å². The summed E-state index contributed by atoms with van der Waals surface area (Å²) >= 11 is 0. The fraction of sp³-hybridized carbons (Fsp3) is 0.357. The van der Waals surface area contributed by atoms with Gasteiger partial charge in [0.25, 0.3) is 0 Å². The van der Waals surface area contributed by atoms with Gasteiger partial charge in [0.15, 0.2) is 9.84 Å². The highest BCUT2D eigenvalue weighted by atomic mass is 32.2. The Morgan fingerprint density at radius 3 is 2.05 bits per heavy atom. The topological polar surface area (TPSA) is 52.0 Å². The normalized spacial score (nSPS) is 12.6. The van der Waals surface area contributed by atoms with E-state index in [1.165, 1.54) is 6.26 Å². The van der Waals surface area contributed by atoms with Gasteiger partial charge in [-0.2, -0.15) is 5.10 Å². The minimum Gasteiger partial charge on any atom is -0.241 e. The third kappa shape index (κ3) is 3.04. The molecular formula is C14H18N2O2S. The van der Waals surface area contributed by atoms with Crippen LogP contribution in [0.2, 0.25) is 0 Å². The van der Waals surface area contributed by atoms with Crippen molar-refractivity contribution in [3.8, 4) is 5.69 Å². The van der Waals surface area contributed by atoms with Crippen LogP contribution in [0.4, 0.5) is 0 Å². The molecule has 0 N–H and O–H groups in total. The maximum atomic E-state index is 11.4. The van der Waals surface area contributed by atoms with Gasteiger partial charge in [0, 0.05) is 17.9 Å². The Labute approximate surface area is 114 Å². The molecule has 1 heterocycles. The molecule has 102 valence electrons. The van der Waals surface area contributed by atoms with Gasteiger partial charge in [0.1, 0.15) is 0 Å². The first-order valence-electron chi connectivity index (χ1n) is 6.04. The molecule has 1 aromatic heterocycles. The summed E-state index contributed by atoms with van der Waals surface area (Å²) < 4.78 is 24.5. The molecule has 0 spiro atoms. The lowest BCUT2D eigenvalue weighted by atomic mass is 9.93. The smallest absolute Gasteiger partial charge is 0.175 e. The van der Waals surface area contributed by atoms with E-state index in [-0.39, 0.29) is 5.41 Å². The summed E-state index contributed by atoms with van der Waals surface area (Å²) in [7, 11) is -3.15. The lowest BCUT2D eigenvalue weighted by Crippen LogP contribution is -2.12. The van der Waals surface area contributed by atoms with Gasteiger partial charge in [0.05, 0.1) is 16.3 Å². The van der Waals surface area contributed by atoms with E-state index in [2.05, 4.69) is 25.9 Å². The fourth-order valence-corrected chi connectivity index (χ4v) is 2.34. The summed E-state index contributed by atoms with van der Waals surface area (Å²) in [6, 6.07) is 8.70. The molecule has 0 amide bonds. The van der Waals surface area contributed by atoms with Crippen LogP contribution in [0.25, 0.3) is 5.69 Å². The number of hydrogen-bond donors (Lipinski definition) is 0. The highest BCUT2D eigenvalue weighted by molar-refractivity contribution is 7.90. The van der Waals surface area contributed by atoms with Gasteiger partial charge >= 0.3 is 0 Å². The number of benzene rings is 1. The van der Waals surface area contributed by atoms with E-state index in [0.29, 0.717) is 4.90 Å². The first-order chi connectivity index (χ1) is 8.68. The maximum absolute atomic E-state index is 11.4. The van der Waals surface area contributed by atoms with Crippen LogP contribution >= 0.6 is 0 Å². The lowest BCUT2D eigenvalue weighted by molar-refractivity contribution is 0.560. The molecule has 0 aliphatic carbocycles. The molecule has 4 nitrogen and oxygen atoms in total. The first-order valence-corrected chi connectivity index (χ1v) is 7.94. The fourth-order valence-electron chi connectivity index (χ4n) is 1.71. The van der Waals surface area contributed by atoms with Gasteiger partial charge in [-0.05, 0) is 30.3 Å². The number of rotatable bonds is 2. The molecule has 19 heavy (non-hydrogen) atoms. The van der Waals surface area contributed by atoms with Gasteiger partial charge in [-0.25, -0.2) is 13.1 Å². The standard InChI is InChI=1S/C14H18N2O2S/c1-14(2,3)13-9-10-16(15-13)11-5-7-12(8-6-11)19(4,17)18/h5-10H,1-4H3. The molecule has 2 rings (SSSR count). The van der Waals surface area contributed by atoms with Gasteiger partial charge in [-0.15, -0.1) is 0 Å². The van der Waals surface area contributed by atoms with Crippen LogP contribution in [0.15, 0.2) is 41.4 Å². The Morgan fingerprint density at radius 1 is 1.05 bits per heavy atom. The minimum absolute atomic E-state index is 0.00204. The Hall–Kier alpha value is -1.62. The highest BCUT2D eigenvalue weighted by Crippen LogP contribution is 2.21. The average Bonchev–Trinajstić information content (AvgIpc) is 2.77. The Balaban J connectivity index is 2.36. The van der Waals surface area contributed by atoms with E-state index in [9.17, 15) is 8.42 Å². The zero-order chi connectivity index (χ0) is 14.3. The van der Waals surface area contributed by atoms with Crippen LogP contribution in [-0.2, 0) is 15.3 Å². The van der Waals surface area contributed by atoms with E-state index in [0.717, 1.165) is 11.4 Å². The molecule has 0 aliphatic heterocycles. The summed E-state index contributed by atoms with van der Waals surface area (Å²) in [6.45, 7) is 6.31. The van der Waals surface area contributed by atoms with Crippen molar-refractivity contribution in [1.82, 2.24) is 9.78 Å². The van der Waals surface area contributed by atoms with Gasteiger partial charge in [-0.3, -0.25) is 0 Å². The third-order valence-electron chi connectivity index (χ3n) is 2.89. The van der Waals surface area contributed by atoms with E-state index >= 15 is 0 Å². The minimum atomic E-state index is -3.15. The van der Waals surface area contributed by atoms with Gasteiger partial charge in [-0.1, -0.05) is 20.8 Å². The summed E-state index contributed by atoms with van der Waals surface area (Å²) in [4.78, 5) is 0.319. The molecule has 0 atom stereocenters. The summed E-state index contributed by atoms with van der Waals surface area (Å²) in [5, 5.41) is 4.51. The zero-order valence-corrected chi connectivity index (χ0v) is 12.4. The van der Waals surface area contributed by atoms with Crippen LogP contribution in [0, 0.1) is 0 Å². The van der Waals surface area contributed by atoms with Crippen molar-refractivity contribution in [2.75, 3.05) is 6.26 Å². The number of nitrogens with zero attached hydrogens (tertiary/aromatic N) is 2. The Bertz CT molecular complexity index is 677. The molecule has 1 aromatic carbocycles. The molecule has 0 saturated carbocycles.